The lowest BCUT2D eigenvalue weighted by Gasteiger charge is -2.07. The predicted molar refractivity (Wildman–Crippen MR) is 60.5 cm³/mol. The fraction of sp³-hybridized carbons (Fsp3) is 0.286. The van der Waals surface area contributed by atoms with Crippen molar-refractivity contribution in [2.45, 2.75) is 6.10 Å². The summed E-state index contributed by atoms with van der Waals surface area (Å²) in [7, 11) is 0. The number of carboxylic acid groups (broad SMARTS) is 1. The molecule has 0 aliphatic heterocycles. The van der Waals surface area contributed by atoms with E-state index in [0.29, 0.717) is 5.13 Å². The Labute approximate surface area is 103 Å². The lowest BCUT2D eigenvalue weighted by Crippen LogP contribution is -2.38. The first kappa shape index (κ1) is 12.9. The normalized spacial score (nSPS) is 11.9. The van der Waals surface area contributed by atoms with E-state index in [1.165, 1.54) is 17.5 Å². The molecular weight excluding hydrogens is 302 g/mol. The van der Waals surface area contributed by atoms with Gasteiger partial charge in [-0.3, -0.25) is 5.32 Å². The topological polar surface area (TPSA) is 112 Å². The molecule has 1 aromatic heterocycles. The lowest BCUT2D eigenvalue weighted by atomic mass is 10.4. The number of amides is 2. The number of thiazole rings is 1. The van der Waals surface area contributed by atoms with Crippen molar-refractivity contribution in [1.29, 1.82) is 0 Å². The second kappa shape index (κ2) is 5.77. The molecule has 4 N–H and O–H groups in total. The molecule has 2 amide bonds. The molecule has 16 heavy (non-hydrogen) atoms. The predicted octanol–water partition coefficient (Wildman–Crippen LogP) is 0.473. The summed E-state index contributed by atoms with van der Waals surface area (Å²) in [4.78, 5) is 25.2. The largest absolute Gasteiger partial charge is 0.479 e. The molecular formula is C7H8BrN3O4S. The monoisotopic (exact) mass is 309 g/mol. The molecule has 1 rings (SSSR count). The maximum atomic E-state index is 11.2. The van der Waals surface area contributed by atoms with Crippen LogP contribution in [0.15, 0.2) is 9.98 Å². The number of carbonyl (C=O) groups is 2. The van der Waals surface area contributed by atoms with Crippen molar-refractivity contribution in [3.05, 3.63) is 9.98 Å². The van der Waals surface area contributed by atoms with Crippen LogP contribution in [0.25, 0.3) is 0 Å². The zero-order chi connectivity index (χ0) is 12.1. The zero-order valence-corrected chi connectivity index (χ0v) is 10.2. The van der Waals surface area contributed by atoms with Gasteiger partial charge in [0.2, 0.25) is 0 Å². The van der Waals surface area contributed by atoms with Gasteiger partial charge in [0.05, 0.1) is 16.5 Å². The molecule has 1 heterocycles. The van der Waals surface area contributed by atoms with Crippen LogP contribution in [0.1, 0.15) is 0 Å². The van der Waals surface area contributed by atoms with Crippen molar-refractivity contribution in [3.63, 3.8) is 0 Å². The summed E-state index contributed by atoms with van der Waals surface area (Å²) in [6.07, 6.45) is -0.0967. The van der Waals surface area contributed by atoms with Gasteiger partial charge in [0, 0.05) is 0 Å². The van der Waals surface area contributed by atoms with Gasteiger partial charge >= 0.3 is 12.0 Å². The second-order valence-corrected chi connectivity index (χ2v) is 5.07. The zero-order valence-electron chi connectivity index (χ0n) is 7.81. The third kappa shape index (κ3) is 4.13. The standard InChI is InChI=1S/C7H8BrN3O4S/c8-4-2-10-7(16-4)11-6(15)9-1-3(12)5(13)14/h2-3,12H,1H2,(H,13,14)(H2,9,10,11,15)/t3-/m0/s1. The van der Waals surface area contributed by atoms with Gasteiger partial charge in [0.15, 0.2) is 11.2 Å². The van der Waals surface area contributed by atoms with E-state index < -0.39 is 18.1 Å². The Morgan fingerprint density at radius 1 is 1.62 bits per heavy atom. The van der Waals surface area contributed by atoms with Crippen LogP contribution in [0.3, 0.4) is 0 Å². The Morgan fingerprint density at radius 3 is 2.81 bits per heavy atom. The Hall–Kier alpha value is -1.19. The average Bonchev–Trinajstić information content (AvgIpc) is 2.60. The molecule has 0 radical (unpaired) electrons. The number of aliphatic carboxylic acids is 1. The van der Waals surface area contributed by atoms with E-state index in [1.54, 1.807) is 0 Å². The highest BCUT2D eigenvalue weighted by Crippen LogP contribution is 2.22. The summed E-state index contributed by atoms with van der Waals surface area (Å²) in [5.74, 6) is -1.39. The number of aliphatic hydroxyl groups is 1. The summed E-state index contributed by atoms with van der Waals surface area (Å²) in [6.45, 7) is -0.367. The van der Waals surface area contributed by atoms with Gasteiger partial charge < -0.3 is 15.5 Å². The van der Waals surface area contributed by atoms with Gasteiger partial charge in [-0.1, -0.05) is 11.3 Å². The summed E-state index contributed by atoms with van der Waals surface area (Å²) < 4.78 is 0.758. The SMILES string of the molecule is O=C(NC[C@H](O)C(=O)O)Nc1ncc(Br)s1. The summed E-state index contributed by atoms with van der Waals surface area (Å²) in [6, 6.07) is -0.623. The molecule has 9 heteroatoms. The molecule has 0 aromatic carbocycles. The minimum Gasteiger partial charge on any atom is -0.479 e. The Bertz CT molecular complexity index is 397. The first-order chi connectivity index (χ1) is 7.49. The van der Waals surface area contributed by atoms with Crippen LogP contribution in [0, 0.1) is 0 Å². The summed E-state index contributed by atoms with van der Waals surface area (Å²) in [5.41, 5.74) is 0. The number of urea groups is 1. The molecule has 0 fully saturated rings. The molecule has 0 bridgehead atoms. The third-order valence-corrected chi connectivity index (χ3v) is 2.83. The fourth-order valence-electron chi connectivity index (χ4n) is 0.730. The fourth-order valence-corrected chi connectivity index (χ4v) is 1.83. The van der Waals surface area contributed by atoms with E-state index in [9.17, 15) is 9.59 Å². The van der Waals surface area contributed by atoms with Crippen molar-refractivity contribution in [2.24, 2.45) is 0 Å². The number of aliphatic hydroxyl groups excluding tert-OH is 1. The van der Waals surface area contributed by atoms with Gasteiger partial charge in [0.25, 0.3) is 0 Å². The van der Waals surface area contributed by atoms with Crippen molar-refractivity contribution in [1.82, 2.24) is 10.3 Å². The van der Waals surface area contributed by atoms with E-state index in [-0.39, 0.29) is 6.54 Å². The molecule has 0 saturated heterocycles. The molecule has 0 aliphatic rings. The van der Waals surface area contributed by atoms with Crippen LogP contribution >= 0.6 is 27.3 Å². The molecule has 0 saturated carbocycles. The number of nitrogens with zero attached hydrogens (tertiary/aromatic N) is 1. The highest BCUT2D eigenvalue weighted by molar-refractivity contribution is 9.11. The number of nitrogens with one attached hydrogen (secondary N) is 2. The second-order valence-electron chi connectivity index (χ2n) is 2.66. The average molecular weight is 310 g/mol. The number of hydrogen-bond acceptors (Lipinski definition) is 5. The van der Waals surface area contributed by atoms with Gasteiger partial charge in [0.1, 0.15) is 0 Å². The molecule has 1 atom stereocenters. The number of carboxylic acids is 1. The van der Waals surface area contributed by atoms with Crippen molar-refractivity contribution < 1.29 is 19.8 Å². The summed E-state index contributed by atoms with van der Waals surface area (Å²) >= 11 is 4.38. The van der Waals surface area contributed by atoms with Gasteiger partial charge in [-0.15, -0.1) is 0 Å². The van der Waals surface area contributed by atoms with E-state index in [4.69, 9.17) is 10.2 Å². The minimum absolute atomic E-state index is 0.367. The number of halogens is 1. The van der Waals surface area contributed by atoms with Crippen LogP contribution in [0.2, 0.25) is 0 Å². The Morgan fingerprint density at radius 2 is 2.31 bits per heavy atom. The highest BCUT2D eigenvalue weighted by Gasteiger charge is 2.14. The Kier molecular flexibility index (Phi) is 4.65. The molecule has 0 aliphatic carbocycles. The van der Waals surface area contributed by atoms with Crippen molar-refractivity contribution in [2.75, 3.05) is 11.9 Å². The number of carbonyl (C=O) groups excluding carboxylic acids is 1. The number of hydrogen-bond donors (Lipinski definition) is 4. The number of anilines is 1. The summed E-state index contributed by atoms with van der Waals surface area (Å²) in [5, 5.41) is 22.2. The van der Waals surface area contributed by atoms with E-state index in [2.05, 4.69) is 31.5 Å². The van der Waals surface area contributed by atoms with Gasteiger partial charge in [-0.25, -0.2) is 14.6 Å². The molecule has 1 aromatic rings. The van der Waals surface area contributed by atoms with Gasteiger partial charge in [-0.05, 0) is 15.9 Å². The van der Waals surface area contributed by atoms with Gasteiger partial charge in [-0.2, -0.15) is 0 Å². The van der Waals surface area contributed by atoms with E-state index >= 15 is 0 Å². The van der Waals surface area contributed by atoms with Crippen LogP contribution < -0.4 is 10.6 Å². The van der Waals surface area contributed by atoms with Crippen LogP contribution in [0.5, 0.6) is 0 Å². The smallest absolute Gasteiger partial charge is 0.334 e. The molecule has 0 spiro atoms. The molecule has 88 valence electrons. The number of rotatable bonds is 4. The third-order valence-electron chi connectivity index (χ3n) is 1.44. The molecule has 0 unspecified atom stereocenters. The van der Waals surface area contributed by atoms with Crippen LogP contribution in [-0.4, -0.2) is 39.8 Å². The van der Waals surface area contributed by atoms with Crippen molar-refractivity contribution in [3.8, 4) is 0 Å². The first-order valence-corrected chi connectivity index (χ1v) is 5.67. The first-order valence-electron chi connectivity index (χ1n) is 4.06. The Balaban J connectivity index is 2.34. The quantitative estimate of drug-likeness (QED) is 0.646. The molecule has 7 nitrogen and oxygen atoms in total. The van der Waals surface area contributed by atoms with Crippen LogP contribution in [-0.2, 0) is 4.79 Å². The maximum absolute atomic E-state index is 11.2. The van der Waals surface area contributed by atoms with Crippen LogP contribution in [0.4, 0.5) is 9.93 Å². The lowest BCUT2D eigenvalue weighted by molar-refractivity contribution is -0.146. The number of aromatic nitrogens is 1. The van der Waals surface area contributed by atoms with Crippen molar-refractivity contribution >= 4 is 44.4 Å². The van der Waals surface area contributed by atoms with E-state index in [0.717, 1.165) is 3.79 Å². The maximum Gasteiger partial charge on any atom is 0.334 e. The highest BCUT2D eigenvalue weighted by atomic mass is 79.9. The minimum atomic E-state index is -1.62. The van der Waals surface area contributed by atoms with E-state index in [1.807, 2.05) is 0 Å².